The summed E-state index contributed by atoms with van der Waals surface area (Å²) in [5, 5.41) is 3.32. The van der Waals surface area contributed by atoms with Gasteiger partial charge in [-0.25, -0.2) is 0 Å². The molecule has 6 nitrogen and oxygen atoms in total. The number of Topliss-reactive ketones (excluding diaryl/α,β-unsaturated/α-hetero) is 1. The fourth-order valence-corrected chi connectivity index (χ4v) is 3.20. The third-order valence-electron chi connectivity index (χ3n) is 4.36. The number of carbonyl (C=O) groups excluding carboxylic acids is 3. The monoisotopic (exact) mass is 450 g/mol. The largest absolute Gasteiger partial charge is 0.494 e. The number of benzene rings is 2. The Hall–Kier alpha value is -2.57. The second-order valence-electron chi connectivity index (χ2n) is 6.59. The van der Waals surface area contributed by atoms with Gasteiger partial charge in [0.15, 0.2) is 5.78 Å². The third kappa shape index (κ3) is 7.04. The zero-order valence-electron chi connectivity index (χ0n) is 16.9. The highest BCUT2D eigenvalue weighted by molar-refractivity contribution is 6.39. The number of anilines is 1. The van der Waals surface area contributed by atoms with Gasteiger partial charge >= 0.3 is 0 Å². The molecule has 2 aromatic carbocycles. The summed E-state index contributed by atoms with van der Waals surface area (Å²) < 4.78 is 5.60. The summed E-state index contributed by atoms with van der Waals surface area (Å²) >= 11 is 12.1. The van der Waals surface area contributed by atoms with Crippen molar-refractivity contribution in [2.75, 3.05) is 25.0 Å². The number of ketones is 1. The number of amides is 2. The van der Waals surface area contributed by atoms with E-state index in [0.717, 1.165) is 0 Å². The molecule has 0 aliphatic heterocycles. The molecule has 1 N–H and O–H groups in total. The van der Waals surface area contributed by atoms with Gasteiger partial charge in [0.1, 0.15) is 5.75 Å². The van der Waals surface area contributed by atoms with Gasteiger partial charge in [-0.1, -0.05) is 29.3 Å². The highest BCUT2D eigenvalue weighted by Gasteiger charge is 2.17. The number of rotatable bonds is 10. The zero-order chi connectivity index (χ0) is 22.1. The Bertz CT molecular complexity index is 880. The van der Waals surface area contributed by atoms with Gasteiger partial charge in [0.25, 0.3) is 0 Å². The average molecular weight is 451 g/mol. The van der Waals surface area contributed by atoms with Crippen LogP contribution in [0.2, 0.25) is 10.0 Å². The number of nitrogens with zero attached hydrogens (tertiary/aromatic N) is 1. The van der Waals surface area contributed by atoms with E-state index in [1.54, 1.807) is 49.4 Å². The molecule has 8 heteroatoms. The summed E-state index contributed by atoms with van der Waals surface area (Å²) in [4.78, 5) is 37.5. The van der Waals surface area contributed by atoms with Crippen molar-refractivity contribution in [3.63, 3.8) is 0 Å². The van der Waals surface area contributed by atoms with Gasteiger partial charge in [-0.2, -0.15) is 0 Å². The van der Waals surface area contributed by atoms with Gasteiger partial charge < -0.3 is 15.0 Å². The molecule has 2 aromatic rings. The first-order valence-corrected chi connectivity index (χ1v) is 10.3. The minimum Gasteiger partial charge on any atom is -0.494 e. The van der Waals surface area contributed by atoms with E-state index in [1.165, 1.54) is 11.8 Å². The minimum absolute atomic E-state index is 0.00681. The highest BCUT2D eigenvalue weighted by Crippen LogP contribution is 2.29. The molecular weight excluding hydrogens is 427 g/mol. The van der Waals surface area contributed by atoms with Gasteiger partial charge in [-0.05, 0) is 56.7 Å². The van der Waals surface area contributed by atoms with Crippen LogP contribution >= 0.6 is 23.2 Å². The van der Waals surface area contributed by atoms with Gasteiger partial charge in [-0.15, -0.1) is 0 Å². The molecular formula is C22H24Cl2N2O4. The number of hydrogen-bond acceptors (Lipinski definition) is 4. The van der Waals surface area contributed by atoms with Crippen LogP contribution in [0.25, 0.3) is 0 Å². The second kappa shape index (κ2) is 11.6. The lowest BCUT2D eigenvalue weighted by molar-refractivity contribution is -0.134. The number of hydrogen-bond donors (Lipinski definition) is 1. The number of nitrogens with one attached hydrogen (secondary N) is 1. The molecule has 0 unspecified atom stereocenters. The highest BCUT2D eigenvalue weighted by atomic mass is 35.5. The minimum atomic E-state index is -0.373. The van der Waals surface area contributed by atoms with Crippen LogP contribution < -0.4 is 10.1 Å². The SMILES string of the molecule is CCN(CC(=O)Nc1c(Cl)cccc1Cl)C(=O)CCCOc1ccc(C(C)=O)cc1. The first-order chi connectivity index (χ1) is 14.3. The number of para-hydroxylation sites is 1. The molecule has 2 rings (SSSR count). The van der Waals surface area contributed by atoms with Crippen molar-refractivity contribution in [2.45, 2.75) is 26.7 Å². The van der Waals surface area contributed by atoms with Crippen molar-refractivity contribution in [3.05, 3.63) is 58.1 Å². The number of likely N-dealkylation sites (N-methyl/N-ethyl adjacent to an activating group) is 1. The van der Waals surface area contributed by atoms with Crippen LogP contribution in [0.1, 0.15) is 37.0 Å². The number of halogens is 2. The van der Waals surface area contributed by atoms with Crippen molar-refractivity contribution in [1.29, 1.82) is 0 Å². The Morgan fingerprint density at radius 1 is 1.03 bits per heavy atom. The van der Waals surface area contributed by atoms with Crippen molar-refractivity contribution in [2.24, 2.45) is 0 Å². The standard InChI is InChI=1S/C22H24Cl2N2O4/c1-3-26(14-20(28)25-22-18(23)6-4-7-19(22)24)21(29)8-5-13-30-17-11-9-16(10-12-17)15(2)27/h4,6-7,9-12H,3,5,8,13-14H2,1-2H3,(H,25,28). The van der Waals surface area contributed by atoms with Crippen LogP contribution in [0.4, 0.5) is 5.69 Å². The molecule has 0 aromatic heterocycles. The first kappa shape index (κ1) is 23.7. The number of ether oxygens (including phenoxy) is 1. The Kier molecular flexibility index (Phi) is 9.15. The predicted octanol–water partition coefficient (Wildman–Crippen LogP) is 4.84. The zero-order valence-corrected chi connectivity index (χ0v) is 18.4. The summed E-state index contributed by atoms with van der Waals surface area (Å²) in [6, 6.07) is 11.8. The molecule has 0 aliphatic carbocycles. The molecule has 0 atom stereocenters. The Labute approximate surface area is 186 Å². The lowest BCUT2D eigenvalue weighted by Crippen LogP contribution is -2.38. The van der Waals surface area contributed by atoms with Crippen LogP contribution in [0.5, 0.6) is 5.75 Å². The predicted molar refractivity (Wildman–Crippen MR) is 119 cm³/mol. The lowest BCUT2D eigenvalue weighted by atomic mass is 10.1. The summed E-state index contributed by atoms with van der Waals surface area (Å²) in [7, 11) is 0. The normalized spacial score (nSPS) is 10.4. The molecule has 0 heterocycles. The maximum absolute atomic E-state index is 12.4. The number of carbonyl (C=O) groups is 3. The van der Waals surface area contributed by atoms with Gasteiger partial charge in [0.2, 0.25) is 11.8 Å². The van der Waals surface area contributed by atoms with Crippen LogP contribution in [-0.4, -0.2) is 42.2 Å². The van der Waals surface area contributed by atoms with Crippen LogP contribution in [0.3, 0.4) is 0 Å². The molecule has 0 saturated carbocycles. The third-order valence-corrected chi connectivity index (χ3v) is 4.99. The summed E-state index contributed by atoms with van der Waals surface area (Å²) in [6.45, 7) is 3.97. The summed E-state index contributed by atoms with van der Waals surface area (Å²) in [6.07, 6.45) is 0.751. The second-order valence-corrected chi connectivity index (χ2v) is 7.40. The van der Waals surface area contributed by atoms with E-state index < -0.39 is 0 Å². The van der Waals surface area contributed by atoms with Gasteiger partial charge in [-0.3, -0.25) is 14.4 Å². The average Bonchev–Trinajstić information content (AvgIpc) is 2.72. The van der Waals surface area contributed by atoms with E-state index in [-0.39, 0.29) is 30.6 Å². The Balaban J connectivity index is 1.78. The maximum atomic E-state index is 12.4. The van der Waals surface area contributed by atoms with Gasteiger partial charge in [0, 0.05) is 18.5 Å². The Morgan fingerprint density at radius 2 is 1.67 bits per heavy atom. The fraction of sp³-hybridized carbons (Fsp3) is 0.318. The quantitative estimate of drug-likeness (QED) is 0.414. The van der Waals surface area contributed by atoms with Crippen LogP contribution in [-0.2, 0) is 9.59 Å². The van der Waals surface area contributed by atoms with Gasteiger partial charge in [0.05, 0.1) is 28.9 Å². The van der Waals surface area contributed by atoms with Crippen LogP contribution in [0.15, 0.2) is 42.5 Å². The van der Waals surface area contributed by atoms with E-state index in [9.17, 15) is 14.4 Å². The van der Waals surface area contributed by atoms with Crippen molar-refractivity contribution < 1.29 is 19.1 Å². The molecule has 160 valence electrons. The van der Waals surface area contributed by atoms with E-state index in [0.29, 0.717) is 46.6 Å². The van der Waals surface area contributed by atoms with E-state index in [2.05, 4.69) is 5.32 Å². The molecule has 0 fully saturated rings. The molecule has 30 heavy (non-hydrogen) atoms. The Morgan fingerprint density at radius 3 is 2.23 bits per heavy atom. The molecule has 0 aliphatic rings. The van der Waals surface area contributed by atoms with Crippen LogP contribution in [0, 0.1) is 0 Å². The molecule has 0 radical (unpaired) electrons. The van der Waals surface area contributed by atoms with E-state index in [4.69, 9.17) is 27.9 Å². The summed E-state index contributed by atoms with van der Waals surface area (Å²) in [5.74, 6) is 0.110. The lowest BCUT2D eigenvalue weighted by Gasteiger charge is -2.21. The van der Waals surface area contributed by atoms with Crippen molar-refractivity contribution >= 4 is 46.5 Å². The molecule has 0 saturated heterocycles. The topological polar surface area (TPSA) is 75.7 Å². The van der Waals surface area contributed by atoms with E-state index >= 15 is 0 Å². The fourth-order valence-electron chi connectivity index (χ4n) is 2.70. The van der Waals surface area contributed by atoms with Crippen molar-refractivity contribution in [1.82, 2.24) is 4.90 Å². The summed E-state index contributed by atoms with van der Waals surface area (Å²) in [5.41, 5.74) is 0.950. The molecule has 2 amide bonds. The molecule has 0 spiro atoms. The maximum Gasteiger partial charge on any atom is 0.244 e. The smallest absolute Gasteiger partial charge is 0.244 e. The van der Waals surface area contributed by atoms with Crippen molar-refractivity contribution in [3.8, 4) is 5.75 Å². The first-order valence-electron chi connectivity index (χ1n) is 9.57. The molecule has 0 bridgehead atoms. The van der Waals surface area contributed by atoms with E-state index in [1.807, 2.05) is 0 Å².